The number of hydrogen-bond donors (Lipinski definition) is 2. The van der Waals surface area contributed by atoms with Crippen LogP contribution in [-0.4, -0.2) is 19.1 Å². The molecular weight excluding hydrogens is 282 g/mol. The van der Waals surface area contributed by atoms with Crippen molar-refractivity contribution in [3.05, 3.63) is 45.6 Å². The van der Waals surface area contributed by atoms with E-state index in [4.69, 9.17) is 0 Å². The van der Waals surface area contributed by atoms with Crippen molar-refractivity contribution in [2.75, 3.05) is 23.3 Å². The van der Waals surface area contributed by atoms with Gasteiger partial charge in [0.15, 0.2) is 0 Å². The average Bonchev–Trinajstić information content (AvgIpc) is 3.02. The van der Waals surface area contributed by atoms with Gasteiger partial charge in [-0.3, -0.25) is 4.90 Å². The van der Waals surface area contributed by atoms with Crippen LogP contribution in [0.5, 0.6) is 0 Å². The van der Waals surface area contributed by atoms with Gasteiger partial charge in [-0.15, -0.1) is 11.3 Å². The van der Waals surface area contributed by atoms with Crippen LogP contribution in [0, 0.1) is 13.8 Å². The second-order valence-corrected chi connectivity index (χ2v) is 6.69. The van der Waals surface area contributed by atoms with Gasteiger partial charge in [0.05, 0.1) is 0 Å². The quantitative estimate of drug-likeness (QED) is 0.907. The molecule has 1 aliphatic heterocycles. The first-order valence-electron chi connectivity index (χ1n) is 7.09. The van der Waals surface area contributed by atoms with Crippen LogP contribution in [-0.2, 0) is 6.54 Å². The van der Waals surface area contributed by atoms with Crippen molar-refractivity contribution in [1.29, 1.82) is 0 Å². The fourth-order valence-electron chi connectivity index (χ4n) is 2.56. The van der Waals surface area contributed by atoms with E-state index in [1.165, 1.54) is 15.3 Å². The Kier molecular flexibility index (Phi) is 3.84. The Labute approximate surface area is 128 Å². The summed E-state index contributed by atoms with van der Waals surface area (Å²) in [6.45, 7) is 6.54. The van der Waals surface area contributed by atoms with Gasteiger partial charge in [-0.1, -0.05) is 6.07 Å². The molecule has 0 bridgehead atoms. The molecule has 4 nitrogen and oxygen atoms in total. The van der Waals surface area contributed by atoms with Crippen molar-refractivity contribution in [1.82, 2.24) is 5.32 Å². The van der Waals surface area contributed by atoms with Gasteiger partial charge in [0.1, 0.15) is 0 Å². The van der Waals surface area contributed by atoms with Gasteiger partial charge >= 0.3 is 6.03 Å². The van der Waals surface area contributed by atoms with Crippen LogP contribution in [0.1, 0.15) is 15.3 Å². The molecule has 2 N–H and O–H groups in total. The lowest BCUT2D eigenvalue weighted by Crippen LogP contribution is -2.27. The summed E-state index contributed by atoms with van der Waals surface area (Å²) < 4.78 is 0. The molecule has 2 aromatic rings. The van der Waals surface area contributed by atoms with Crippen LogP contribution in [0.4, 0.5) is 16.2 Å². The minimum atomic E-state index is -0.0172. The van der Waals surface area contributed by atoms with Gasteiger partial charge in [0, 0.05) is 40.8 Å². The first-order chi connectivity index (χ1) is 10.1. The molecule has 21 heavy (non-hydrogen) atoms. The first kappa shape index (κ1) is 13.9. The van der Waals surface area contributed by atoms with Crippen LogP contribution < -0.4 is 15.5 Å². The van der Waals surface area contributed by atoms with Gasteiger partial charge in [-0.25, -0.2) is 4.79 Å². The van der Waals surface area contributed by atoms with E-state index in [1.807, 2.05) is 35.6 Å². The Morgan fingerprint density at radius 3 is 2.86 bits per heavy atom. The van der Waals surface area contributed by atoms with E-state index in [0.717, 1.165) is 24.5 Å². The highest BCUT2D eigenvalue weighted by Crippen LogP contribution is 2.24. The van der Waals surface area contributed by atoms with Crippen molar-refractivity contribution in [3.63, 3.8) is 0 Å². The summed E-state index contributed by atoms with van der Waals surface area (Å²) in [5.41, 5.74) is 3.31. The summed E-state index contributed by atoms with van der Waals surface area (Å²) in [4.78, 5) is 16.2. The van der Waals surface area contributed by atoms with E-state index in [-0.39, 0.29) is 6.03 Å². The average molecular weight is 301 g/mol. The predicted molar refractivity (Wildman–Crippen MR) is 88.3 cm³/mol. The maximum Gasteiger partial charge on any atom is 0.321 e. The summed E-state index contributed by atoms with van der Waals surface area (Å²) in [7, 11) is 0. The third kappa shape index (κ3) is 3.03. The molecule has 1 saturated heterocycles. The van der Waals surface area contributed by atoms with Gasteiger partial charge in [0.25, 0.3) is 0 Å². The smallest absolute Gasteiger partial charge is 0.321 e. The maximum atomic E-state index is 11.7. The standard InChI is InChI=1S/C16H19N3OS/c1-11-8-13(12(2)21-11)10-18-14-4-3-5-15(9-14)19-7-6-17-16(19)20/h3-5,8-9,18H,6-7,10H2,1-2H3,(H,17,20). The van der Waals surface area contributed by atoms with E-state index < -0.39 is 0 Å². The molecule has 2 amide bonds. The summed E-state index contributed by atoms with van der Waals surface area (Å²) in [5.74, 6) is 0. The van der Waals surface area contributed by atoms with Gasteiger partial charge in [-0.2, -0.15) is 0 Å². The van der Waals surface area contributed by atoms with Crippen molar-refractivity contribution in [2.45, 2.75) is 20.4 Å². The second-order valence-electron chi connectivity index (χ2n) is 5.23. The van der Waals surface area contributed by atoms with Crippen LogP contribution in [0.15, 0.2) is 30.3 Å². The molecule has 1 aliphatic rings. The van der Waals surface area contributed by atoms with Crippen molar-refractivity contribution in [2.24, 2.45) is 0 Å². The SMILES string of the molecule is Cc1cc(CNc2cccc(N3CCNC3=O)c2)c(C)s1. The number of nitrogens with zero attached hydrogens (tertiary/aromatic N) is 1. The summed E-state index contributed by atoms with van der Waals surface area (Å²) >= 11 is 1.83. The van der Waals surface area contributed by atoms with Crippen molar-refractivity contribution >= 4 is 28.7 Å². The molecule has 5 heteroatoms. The molecular formula is C16H19N3OS. The fraction of sp³-hybridized carbons (Fsp3) is 0.312. The number of anilines is 2. The van der Waals surface area contributed by atoms with Crippen LogP contribution >= 0.6 is 11.3 Å². The molecule has 2 heterocycles. The lowest BCUT2D eigenvalue weighted by atomic mass is 10.2. The zero-order valence-electron chi connectivity index (χ0n) is 12.3. The highest BCUT2D eigenvalue weighted by atomic mass is 32.1. The minimum Gasteiger partial charge on any atom is -0.381 e. The minimum absolute atomic E-state index is 0.0172. The number of carbonyl (C=O) groups is 1. The molecule has 0 radical (unpaired) electrons. The van der Waals surface area contributed by atoms with Gasteiger partial charge in [-0.05, 0) is 43.7 Å². The summed E-state index contributed by atoms with van der Waals surface area (Å²) in [6, 6.07) is 10.2. The normalized spacial score (nSPS) is 14.4. The topological polar surface area (TPSA) is 44.4 Å². The first-order valence-corrected chi connectivity index (χ1v) is 7.90. The van der Waals surface area contributed by atoms with Crippen LogP contribution in [0.3, 0.4) is 0 Å². The zero-order chi connectivity index (χ0) is 14.8. The summed E-state index contributed by atoms with van der Waals surface area (Å²) in [6.07, 6.45) is 0. The number of hydrogen-bond acceptors (Lipinski definition) is 3. The summed E-state index contributed by atoms with van der Waals surface area (Å²) in [5, 5.41) is 6.27. The number of aryl methyl sites for hydroxylation is 2. The molecule has 1 fully saturated rings. The molecule has 0 atom stereocenters. The van der Waals surface area contributed by atoms with E-state index in [1.54, 1.807) is 4.90 Å². The number of thiophene rings is 1. The molecule has 1 aromatic carbocycles. The lowest BCUT2D eigenvalue weighted by Gasteiger charge is -2.15. The highest BCUT2D eigenvalue weighted by molar-refractivity contribution is 7.12. The number of nitrogens with one attached hydrogen (secondary N) is 2. The number of benzene rings is 1. The van der Waals surface area contributed by atoms with Gasteiger partial charge in [0.2, 0.25) is 0 Å². The molecule has 0 unspecified atom stereocenters. The van der Waals surface area contributed by atoms with E-state index >= 15 is 0 Å². The molecule has 0 spiro atoms. The second kappa shape index (κ2) is 5.77. The Balaban J connectivity index is 1.71. The fourth-order valence-corrected chi connectivity index (χ4v) is 3.50. The third-order valence-corrected chi connectivity index (χ3v) is 4.65. The molecule has 0 aliphatic carbocycles. The molecule has 0 saturated carbocycles. The Morgan fingerprint density at radius 1 is 1.33 bits per heavy atom. The zero-order valence-corrected chi connectivity index (χ0v) is 13.1. The van der Waals surface area contributed by atoms with E-state index in [2.05, 4.69) is 30.5 Å². The molecule has 3 rings (SSSR count). The van der Waals surface area contributed by atoms with Crippen molar-refractivity contribution < 1.29 is 4.79 Å². The lowest BCUT2D eigenvalue weighted by molar-refractivity contribution is 0.252. The maximum absolute atomic E-state index is 11.7. The number of amides is 2. The van der Waals surface area contributed by atoms with Crippen molar-refractivity contribution in [3.8, 4) is 0 Å². The Hall–Kier alpha value is -2.01. The van der Waals surface area contributed by atoms with E-state index in [9.17, 15) is 4.79 Å². The number of urea groups is 1. The highest BCUT2D eigenvalue weighted by Gasteiger charge is 2.20. The third-order valence-electron chi connectivity index (χ3n) is 3.64. The van der Waals surface area contributed by atoms with Crippen LogP contribution in [0.2, 0.25) is 0 Å². The molecule has 1 aromatic heterocycles. The largest absolute Gasteiger partial charge is 0.381 e. The van der Waals surface area contributed by atoms with Gasteiger partial charge < -0.3 is 10.6 Å². The number of rotatable bonds is 4. The Bertz CT molecular complexity index is 665. The van der Waals surface area contributed by atoms with Crippen LogP contribution in [0.25, 0.3) is 0 Å². The molecule has 110 valence electrons. The van der Waals surface area contributed by atoms with E-state index in [0.29, 0.717) is 6.54 Å². The monoisotopic (exact) mass is 301 g/mol. The Morgan fingerprint density at radius 2 is 2.19 bits per heavy atom. The number of carbonyl (C=O) groups excluding carboxylic acids is 1. The predicted octanol–water partition coefficient (Wildman–Crippen LogP) is 3.51.